The van der Waals surface area contributed by atoms with Crippen LogP contribution in [0.1, 0.15) is 40.2 Å². The van der Waals surface area contributed by atoms with E-state index in [-0.39, 0.29) is 24.5 Å². The van der Waals surface area contributed by atoms with Crippen LogP contribution >= 0.6 is 0 Å². The van der Waals surface area contributed by atoms with Crippen molar-refractivity contribution >= 4 is 12.1 Å². The first-order chi connectivity index (χ1) is 12.1. The summed E-state index contributed by atoms with van der Waals surface area (Å²) in [5, 5.41) is 2.71. The predicted octanol–water partition coefficient (Wildman–Crippen LogP) is 3.21. The van der Waals surface area contributed by atoms with Crippen LogP contribution in [0.2, 0.25) is 0 Å². The number of carbonyl (C=O) groups is 2. The highest BCUT2D eigenvalue weighted by molar-refractivity contribution is 5.76. The van der Waals surface area contributed by atoms with E-state index in [0.717, 1.165) is 5.56 Å². The van der Waals surface area contributed by atoms with Crippen molar-refractivity contribution in [3.63, 3.8) is 0 Å². The van der Waals surface area contributed by atoms with E-state index in [4.69, 9.17) is 9.47 Å². The van der Waals surface area contributed by atoms with E-state index < -0.39 is 11.7 Å². The molecule has 26 heavy (non-hydrogen) atoms. The quantitative estimate of drug-likeness (QED) is 0.718. The van der Waals surface area contributed by atoms with Gasteiger partial charge in [-0.3, -0.25) is 9.69 Å². The summed E-state index contributed by atoms with van der Waals surface area (Å²) >= 11 is 0. The Bertz CT molecular complexity index is 567. The molecule has 0 unspecified atom stereocenters. The molecular formula is C20H32N2O4. The number of hydrogen-bond acceptors (Lipinski definition) is 5. The number of carbonyl (C=O) groups excluding carboxylic acids is 2. The summed E-state index contributed by atoms with van der Waals surface area (Å²) in [6.45, 7) is 10.6. The lowest BCUT2D eigenvalue weighted by Gasteiger charge is -2.29. The molecule has 1 aromatic carbocycles. The number of hydrogen-bond donors (Lipinski definition) is 1. The first kappa shape index (κ1) is 22.0. The van der Waals surface area contributed by atoms with E-state index in [1.54, 1.807) is 0 Å². The second kappa shape index (κ2) is 10.2. The molecule has 1 amide bonds. The number of alkyl carbamates (subject to hydrolysis) is 1. The molecule has 0 spiro atoms. The van der Waals surface area contributed by atoms with E-state index >= 15 is 0 Å². The summed E-state index contributed by atoms with van der Waals surface area (Å²) in [6, 6.07) is 9.22. The van der Waals surface area contributed by atoms with E-state index in [9.17, 15) is 9.59 Å². The third kappa shape index (κ3) is 8.34. The molecule has 1 rings (SSSR count). The van der Waals surface area contributed by atoms with Gasteiger partial charge in [-0.2, -0.15) is 0 Å². The zero-order valence-corrected chi connectivity index (χ0v) is 16.7. The van der Waals surface area contributed by atoms with Gasteiger partial charge in [0.05, 0.1) is 0 Å². The summed E-state index contributed by atoms with van der Waals surface area (Å²) in [6.07, 6.45) is -0.460. The molecule has 0 aromatic heterocycles. The molecule has 6 heteroatoms. The summed E-state index contributed by atoms with van der Waals surface area (Å²) in [5.74, 6) is -0.173. The number of likely N-dealkylation sites (N-methyl/N-ethyl adjacent to an activating group) is 1. The number of nitrogens with zero attached hydrogens (tertiary/aromatic N) is 1. The molecule has 0 radical (unpaired) electrons. The van der Waals surface area contributed by atoms with Crippen molar-refractivity contribution in [2.24, 2.45) is 5.92 Å². The predicted molar refractivity (Wildman–Crippen MR) is 102 cm³/mol. The third-order valence-electron chi connectivity index (χ3n) is 3.70. The van der Waals surface area contributed by atoms with Gasteiger partial charge < -0.3 is 14.8 Å². The van der Waals surface area contributed by atoms with Crippen molar-refractivity contribution < 1.29 is 19.1 Å². The highest BCUT2D eigenvalue weighted by atomic mass is 16.6. The Kier molecular flexibility index (Phi) is 8.58. The molecule has 6 nitrogen and oxygen atoms in total. The monoisotopic (exact) mass is 364 g/mol. The van der Waals surface area contributed by atoms with Crippen LogP contribution < -0.4 is 5.32 Å². The van der Waals surface area contributed by atoms with Crippen molar-refractivity contribution in [3.8, 4) is 0 Å². The van der Waals surface area contributed by atoms with Crippen LogP contribution in [-0.2, 0) is 20.9 Å². The van der Waals surface area contributed by atoms with E-state index in [1.807, 2.05) is 76.9 Å². The first-order valence-electron chi connectivity index (χ1n) is 8.98. The van der Waals surface area contributed by atoms with Gasteiger partial charge >= 0.3 is 12.1 Å². The fraction of sp³-hybridized carbons (Fsp3) is 0.600. The molecule has 0 aliphatic carbocycles. The van der Waals surface area contributed by atoms with Gasteiger partial charge in [-0.25, -0.2) is 4.79 Å². The van der Waals surface area contributed by atoms with Crippen molar-refractivity contribution in [1.82, 2.24) is 10.2 Å². The molecule has 1 aromatic rings. The zero-order valence-electron chi connectivity index (χ0n) is 16.7. The van der Waals surface area contributed by atoms with Gasteiger partial charge in [0.15, 0.2) is 0 Å². The maximum atomic E-state index is 12.5. The van der Waals surface area contributed by atoms with Gasteiger partial charge in [-0.1, -0.05) is 44.2 Å². The molecule has 0 heterocycles. The average Bonchev–Trinajstić information content (AvgIpc) is 2.52. The normalized spacial score (nSPS) is 12.8. The third-order valence-corrected chi connectivity index (χ3v) is 3.70. The lowest BCUT2D eigenvalue weighted by molar-refractivity contribution is -0.152. The van der Waals surface area contributed by atoms with Gasteiger partial charge in [-0.15, -0.1) is 0 Å². The zero-order chi connectivity index (χ0) is 19.7. The highest BCUT2D eigenvalue weighted by Gasteiger charge is 2.28. The van der Waals surface area contributed by atoms with Crippen LogP contribution in [0.5, 0.6) is 0 Å². The van der Waals surface area contributed by atoms with Crippen molar-refractivity contribution in [3.05, 3.63) is 35.9 Å². The maximum absolute atomic E-state index is 12.5. The van der Waals surface area contributed by atoms with E-state index in [0.29, 0.717) is 13.1 Å². The van der Waals surface area contributed by atoms with Crippen molar-refractivity contribution in [2.45, 2.75) is 52.9 Å². The Morgan fingerprint density at radius 3 is 2.31 bits per heavy atom. The fourth-order valence-corrected chi connectivity index (χ4v) is 2.56. The average molecular weight is 364 g/mol. The number of nitrogens with one attached hydrogen (secondary N) is 1. The summed E-state index contributed by atoms with van der Waals surface area (Å²) in [4.78, 5) is 26.1. The fourth-order valence-electron chi connectivity index (χ4n) is 2.56. The lowest BCUT2D eigenvalue weighted by atomic mass is 10.0. The Morgan fingerprint density at radius 1 is 1.15 bits per heavy atom. The number of benzene rings is 1. The highest BCUT2D eigenvalue weighted by Crippen LogP contribution is 2.13. The Balaban J connectivity index is 2.49. The van der Waals surface area contributed by atoms with Crippen molar-refractivity contribution in [2.75, 3.05) is 20.1 Å². The van der Waals surface area contributed by atoms with Gasteiger partial charge in [0.25, 0.3) is 0 Å². The largest absolute Gasteiger partial charge is 0.460 e. The van der Waals surface area contributed by atoms with E-state index in [1.165, 1.54) is 0 Å². The van der Waals surface area contributed by atoms with Crippen LogP contribution in [0, 0.1) is 5.92 Å². The molecule has 0 aliphatic rings. The first-order valence-corrected chi connectivity index (χ1v) is 8.98. The van der Waals surface area contributed by atoms with Gasteiger partial charge in [0.1, 0.15) is 18.2 Å². The molecule has 0 saturated heterocycles. The Labute approximate surface area is 156 Å². The van der Waals surface area contributed by atoms with E-state index in [2.05, 4.69) is 5.32 Å². The smallest absolute Gasteiger partial charge is 0.407 e. The molecule has 0 bridgehead atoms. The molecule has 0 aliphatic heterocycles. The van der Waals surface area contributed by atoms with Gasteiger partial charge in [0, 0.05) is 13.1 Å². The maximum Gasteiger partial charge on any atom is 0.407 e. The van der Waals surface area contributed by atoms with Gasteiger partial charge in [0.2, 0.25) is 0 Å². The minimum absolute atomic E-state index is 0.0878. The molecule has 0 fully saturated rings. The van der Waals surface area contributed by atoms with Crippen LogP contribution in [0.15, 0.2) is 30.3 Å². The molecule has 0 saturated carbocycles. The lowest BCUT2D eigenvalue weighted by Crippen LogP contribution is -2.46. The van der Waals surface area contributed by atoms with Crippen LogP contribution in [-0.4, -0.2) is 48.7 Å². The van der Waals surface area contributed by atoms with Crippen LogP contribution in [0.3, 0.4) is 0 Å². The summed E-state index contributed by atoms with van der Waals surface area (Å²) < 4.78 is 10.7. The van der Waals surface area contributed by atoms with Gasteiger partial charge in [-0.05, 0) is 39.3 Å². The van der Waals surface area contributed by atoms with Crippen molar-refractivity contribution in [1.29, 1.82) is 0 Å². The van der Waals surface area contributed by atoms with Crippen LogP contribution in [0.25, 0.3) is 0 Å². The molecule has 1 atom stereocenters. The SMILES string of the molecule is CC(C)[C@@H](C(=O)OCc1ccccc1)N(C)CCNC(=O)OC(C)(C)C. The van der Waals surface area contributed by atoms with Crippen LogP contribution in [0.4, 0.5) is 4.79 Å². The standard InChI is InChI=1S/C20H32N2O4/c1-15(2)17(18(23)25-14-16-10-8-7-9-11-16)22(6)13-12-21-19(24)26-20(3,4)5/h7-11,15,17H,12-14H2,1-6H3,(H,21,24)/t17-/m0/s1. The molecule has 1 N–H and O–H groups in total. The number of amides is 1. The number of ether oxygens (including phenoxy) is 2. The minimum Gasteiger partial charge on any atom is -0.460 e. The minimum atomic E-state index is -0.530. The molecule has 146 valence electrons. The number of rotatable bonds is 8. The second-order valence-electron chi connectivity index (χ2n) is 7.69. The number of esters is 1. The Morgan fingerprint density at radius 2 is 1.77 bits per heavy atom. The summed E-state index contributed by atoms with van der Waals surface area (Å²) in [7, 11) is 1.85. The summed E-state index contributed by atoms with van der Waals surface area (Å²) in [5.41, 5.74) is 0.426. The Hall–Kier alpha value is -2.08. The topological polar surface area (TPSA) is 67.9 Å². The molecular weight excluding hydrogens is 332 g/mol. The second-order valence-corrected chi connectivity index (χ2v) is 7.69.